The predicted molar refractivity (Wildman–Crippen MR) is 128 cm³/mol. The third-order valence-corrected chi connectivity index (χ3v) is 6.64. The Kier molecular flexibility index (Phi) is 5.43. The van der Waals surface area contributed by atoms with Gasteiger partial charge in [0, 0.05) is 48.7 Å². The second-order valence-electron chi connectivity index (χ2n) is 8.77. The summed E-state index contributed by atoms with van der Waals surface area (Å²) in [7, 11) is 0. The van der Waals surface area contributed by atoms with Crippen LogP contribution in [0.5, 0.6) is 0 Å². The van der Waals surface area contributed by atoms with E-state index in [0.717, 1.165) is 39.3 Å². The van der Waals surface area contributed by atoms with Crippen LogP contribution >= 0.6 is 0 Å². The van der Waals surface area contributed by atoms with Gasteiger partial charge in [-0.15, -0.1) is 0 Å². The number of hydrogen-bond donors (Lipinski definition) is 1. The second-order valence-corrected chi connectivity index (χ2v) is 8.77. The Morgan fingerprint density at radius 2 is 1.77 bits per heavy atom. The van der Waals surface area contributed by atoms with Crippen LogP contribution < -0.4 is 5.32 Å². The number of nitrogens with zero attached hydrogens (tertiary/aromatic N) is 3. The number of nitrogens with one attached hydrogen (secondary N) is 1. The number of morpholine rings is 1. The SMILES string of the molecule is O=C1NC(=O)C(c2cn(CCCN3CCOCC3)c3cc(F)ccc23)=C1c1noc2ccccc12. The lowest BCUT2D eigenvalue weighted by Gasteiger charge is -2.26. The van der Waals surface area contributed by atoms with Crippen LogP contribution in [-0.2, 0) is 20.9 Å². The Hall–Kier alpha value is -3.82. The van der Waals surface area contributed by atoms with Crippen LogP contribution in [0.4, 0.5) is 4.39 Å². The van der Waals surface area contributed by atoms with Crippen molar-refractivity contribution in [3.63, 3.8) is 0 Å². The van der Waals surface area contributed by atoms with E-state index in [1.807, 2.05) is 22.9 Å². The summed E-state index contributed by atoms with van der Waals surface area (Å²) in [4.78, 5) is 28.3. The fourth-order valence-electron chi connectivity index (χ4n) is 4.94. The standard InChI is InChI=1S/C26H23FN4O4/c27-16-6-7-17-19(15-31(20(17)14-16)9-3-8-30-10-12-34-13-11-30)22-23(26(33)28-25(22)32)24-18-4-1-2-5-21(18)35-29-24/h1-2,4-7,14-15H,3,8-13H2,(H,28,32,33). The van der Waals surface area contributed by atoms with Crippen molar-refractivity contribution in [2.24, 2.45) is 0 Å². The molecule has 8 nitrogen and oxygen atoms in total. The Morgan fingerprint density at radius 1 is 0.971 bits per heavy atom. The van der Waals surface area contributed by atoms with E-state index in [1.165, 1.54) is 12.1 Å². The first-order valence-electron chi connectivity index (χ1n) is 11.6. The molecule has 2 aromatic carbocycles. The zero-order valence-corrected chi connectivity index (χ0v) is 18.9. The van der Waals surface area contributed by atoms with Gasteiger partial charge in [0.15, 0.2) is 5.58 Å². The van der Waals surface area contributed by atoms with Crippen molar-refractivity contribution >= 4 is 44.8 Å². The van der Waals surface area contributed by atoms with E-state index in [-0.39, 0.29) is 17.0 Å². The number of carbonyl (C=O) groups is 2. The third kappa shape index (κ3) is 3.82. The van der Waals surface area contributed by atoms with Gasteiger partial charge in [-0.1, -0.05) is 17.3 Å². The molecule has 178 valence electrons. The molecule has 6 rings (SSSR count). The number of hydrogen-bond acceptors (Lipinski definition) is 6. The average Bonchev–Trinajstić information content (AvgIpc) is 3.52. The first kappa shape index (κ1) is 21.7. The lowest BCUT2D eigenvalue weighted by molar-refractivity contribution is -0.122. The molecule has 1 saturated heterocycles. The molecule has 0 spiro atoms. The number of aryl methyl sites for hydroxylation is 1. The average molecular weight is 474 g/mol. The topological polar surface area (TPSA) is 89.6 Å². The Morgan fingerprint density at radius 3 is 2.63 bits per heavy atom. The van der Waals surface area contributed by atoms with Gasteiger partial charge in [-0.3, -0.25) is 19.8 Å². The summed E-state index contributed by atoms with van der Waals surface area (Å²) in [6.45, 7) is 4.80. The molecule has 0 atom stereocenters. The fraction of sp³-hybridized carbons (Fsp3) is 0.269. The molecule has 9 heteroatoms. The minimum atomic E-state index is -0.528. The number of fused-ring (bicyclic) bond motifs is 2. The van der Waals surface area contributed by atoms with Crippen LogP contribution in [0, 0.1) is 5.82 Å². The fourth-order valence-corrected chi connectivity index (χ4v) is 4.94. The molecular weight excluding hydrogens is 451 g/mol. The zero-order valence-electron chi connectivity index (χ0n) is 18.9. The van der Waals surface area contributed by atoms with E-state index in [1.54, 1.807) is 18.2 Å². The number of rotatable bonds is 6. The second kappa shape index (κ2) is 8.75. The van der Waals surface area contributed by atoms with Crippen LogP contribution in [0.3, 0.4) is 0 Å². The Bertz CT molecular complexity index is 1500. The molecule has 0 radical (unpaired) electrons. The molecular formula is C26H23FN4O4. The number of halogens is 1. The van der Waals surface area contributed by atoms with Crippen LogP contribution in [0.1, 0.15) is 17.7 Å². The Labute approximate surface area is 199 Å². The summed E-state index contributed by atoms with van der Waals surface area (Å²) in [6.07, 6.45) is 2.68. The molecule has 0 bridgehead atoms. The maximum absolute atomic E-state index is 14.2. The van der Waals surface area contributed by atoms with Gasteiger partial charge in [0.1, 0.15) is 11.5 Å². The van der Waals surface area contributed by atoms with E-state index < -0.39 is 11.8 Å². The first-order chi connectivity index (χ1) is 17.1. The largest absolute Gasteiger partial charge is 0.379 e. The van der Waals surface area contributed by atoms with Crippen LogP contribution in [-0.4, -0.2) is 59.3 Å². The molecule has 35 heavy (non-hydrogen) atoms. The number of imide groups is 1. The van der Waals surface area contributed by atoms with Crippen molar-refractivity contribution in [3.05, 3.63) is 65.7 Å². The van der Waals surface area contributed by atoms with Gasteiger partial charge in [0.05, 0.1) is 29.9 Å². The number of benzene rings is 2. The van der Waals surface area contributed by atoms with Gasteiger partial charge in [-0.05, 0) is 36.8 Å². The molecule has 0 unspecified atom stereocenters. The molecule has 2 aliphatic heterocycles. The molecule has 4 heterocycles. The van der Waals surface area contributed by atoms with Gasteiger partial charge in [0.2, 0.25) is 0 Å². The van der Waals surface area contributed by atoms with Crippen molar-refractivity contribution in [2.75, 3.05) is 32.8 Å². The minimum absolute atomic E-state index is 0.164. The predicted octanol–water partition coefficient (Wildman–Crippen LogP) is 3.21. The van der Waals surface area contributed by atoms with Crippen molar-refractivity contribution < 1.29 is 23.2 Å². The summed E-state index contributed by atoms with van der Waals surface area (Å²) < 4.78 is 27.0. The van der Waals surface area contributed by atoms with E-state index in [9.17, 15) is 14.0 Å². The molecule has 4 aromatic rings. The van der Waals surface area contributed by atoms with E-state index in [2.05, 4.69) is 15.4 Å². The number of carbonyl (C=O) groups excluding carboxylic acids is 2. The summed E-state index contributed by atoms with van der Waals surface area (Å²) >= 11 is 0. The smallest absolute Gasteiger partial charge is 0.261 e. The number of ether oxygens (including phenoxy) is 1. The summed E-state index contributed by atoms with van der Waals surface area (Å²) in [5, 5.41) is 7.86. The third-order valence-electron chi connectivity index (χ3n) is 6.64. The maximum Gasteiger partial charge on any atom is 0.261 e. The monoisotopic (exact) mass is 474 g/mol. The van der Waals surface area contributed by atoms with Crippen molar-refractivity contribution in [1.29, 1.82) is 0 Å². The highest BCUT2D eigenvalue weighted by Crippen LogP contribution is 2.38. The number of amides is 2. The van der Waals surface area contributed by atoms with Crippen LogP contribution in [0.25, 0.3) is 33.0 Å². The summed E-state index contributed by atoms with van der Waals surface area (Å²) in [5.74, 6) is -1.40. The van der Waals surface area contributed by atoms with Crippen molar-refractivity contribution in [1.82, 2.24) is 19.9 Å². The summed E-state index contributed by atoms with van der Waals surface area (Å²) in [5.41, 5.74) is 2.46. The summed E-state index contributed by atoms with van der Waals surface area (Å²) in [6, 6.07) is 11.7. The normalized spacial score (nSPS) is 17.2. The van der Waals surface area contributed by atoms with Gasteiger partial charge in [-0.2, -0.15) is 0 Å². The number of para-hydroxylation sites is 1. The molecule has 1 N–H and O–H groups in total. The minimum Gasteiger partial charge on any atom is -0.379 e. The van der Waals surface area contributed by atoms with Gasteiger partial charge in [-0.25, -0.2) is 4.39 Å². The van der Waals surface area contributed by atoms with Gasteiger partial charge in [0.25, 0.3) is 11.8 Å². The quantitative estimate of drug-likeness (QED) is 0.432. The molecule has 0 aliphatic carbocycles. The van der Waals surface area contributed by atoms with Crippen LogP contribution in [0.15, 0.2) is 53.2 Å². The first-order valence-corrected chi connectivity index (χ1v) is 11.6. The van der Waals surface area contributed by atoms with Crippen molar-refractivity contribution in [2.45, 2.75) is 13.0 Å². The molecule has 2 amide bonds. The number of aromatic nitrogens is 2. The highest BCUT2D eigenvalue weighted by atomic mass is 19.1. The molecule has 2 aromatic heterocycles. The molecule has 0 saturated carbocycles. The van der Waals surface area contributed by atoms with E-state index in [4.69, 9.17) is 9.26 Å². The lowest BCUT2D eigenvalue weighted by Crippen LogP contribution is -2.37. The van der Waals surface area contributed by atoms with Gasteiger partial charge < -0.3 is 13.8 Å². The highest BCUT2D eigenvalue weighted by molar-refractivity contribution is 6.50. The van der Waals surface area contributed by atoms with Crippen molar-refractivity contribution in [3.8, 4) is 0 Å². The highest BCUT2D eigenvalue weighted by Gasteiger charge is 2.36. The Balaban J connectivity index is 1.44. The van der Waals surface area contributed by atoms with E-state index in [0.29, 0.717) is 39.7 Å². The van der Waals surface area contributed by atoms with Gasteiger partial charge >= 0.3 is 0 Å². The lowest BCUT2D eigenvalue weighted by atomic mass is 9.97. The molecule has 2 aliphatic rings. The maximum atomic E-state index is 14.2. The molecule has 1 fully saturated rings. The zero-order chi connectivity index (χ0) is 23.9. The van der Waals surface area contributed by atoms with Crippen LogP contribution in [0.2, 0.25) is 0 Å². The van der Waals surface area contributed by atoms with E-state index >= 15 is 0 Å².